The lowest BCUT2D eigenvalue weighted by atomic mass is 10.1. The molecule has 27 heavy (non-hydrogen) atoms. The van der Waals surface area contributed by atoms with Crippen LogP contribution in [-0.4, -0.2) is 38.1 Å². The number of esters is 1. The Bertz CT molecular complexity index is 968. The van der Waals surface area contributed by atoms with Gasteiger partial charge >= 0.3 is 5.97 Å². The van der Waals surface area contributed by atoms with Crippen molar-refractivity contribution in [3.05, 3.63) is 59.2 Å². The number of amides is 1. The lowest BCUT2D eigenvalue weighted by molar-refractivity contribution is -0.148. The van der Waals surface area contributed by atoms with Crippen LogP contribution in [0.1, 0.15) is 35.7 Å². The van der Waals surface area contributed by atoms with Gasteiger partial charge in [-0.15, -0.1) is 5.10 Å². The summed E-state index contributed by atoms with van der Waals surface area (Å²) in [5, 5.41) is 7.04. The maximum Gasteiger partial charge on any atom is 0.314 e. The Kier molecular flexibility index (Phi) is 5.44. The number of rotatable bonds is 6. The van der Waals surface area contributed by atoms with Crippen molar-refractivity contribution >= 4 is 17.7 Å². The number of ether oxygens (including phenoxy) is 1. The van der Waals surface area contributed by atoms with Crippen LogP contribution >= 0.6 is 0 Å². The average molecular weight is 367 g/mol. The van der Waals surface area contributed by atoms with Crippen molar-refractivity contribution in [2.75, 3.05) is 6.61 Å². The van der Waals surface area contributed by atoms with E-state index in [-0.39, 0.29) is 25.0 Å². The fourth-order valence-corrected chi connectivity index (χ4v) is 2.72. The molecule has 0 saturated heterocycles. The van der Waals surface area contributed by atoms with Gasteiger partial charge in [0.15, 0.2) is 12.4 Å². The largest absolute Gasteiger partial charge is 0.455 e. The predicted molar refractivity (Wildman–Crippen MR) is 97.9 cm³/mol. The van der Waals surface area contributed by atoms with Gasteiger partial charge in [-0.25, -0.2) is 9.50 Å². The van der Waals surface area contributed by atoms with E-state index in [2.05, 4.69) is 20.4 Å². The summed E-state index contributed by atoms with van der Waals surface area (Å²) in [6.45, 7) is 5.27. The van der Waals surface area contributed by atoms with Gasteiger partial charge in [-0.3, -0.25) is 9.59 Å². The Morgan fingerprint density at radius 3 is 2.67 bits per heavy atom. The Morgan fingerprint density at radius 1 is 1.19 bits per heavy atom. The summed E-state index contributed by atoms with van der Waals surface area (Å²) in [7, 11) is 0. The molecule has 140 valence electrons. The third-order valence-electron chi connectivity index (χ3n) is 4.01. The molecular weight excluding hydrogens is 346 g/mol. The second-order valence-electron chi connectivity index (χ2n) is 6.32. The minimum absolute atomic E-state index is 0.122. The summed E-state index contributed by atoms with van der Waals surface area (Å²) in [5.74, 6) is -0.192. The van der Waals surface area contributed by atoms with Crippen LogP contribution in [0.5, 0.6) is 0 Å². The molecule has 1 atom stereocenters. The zero-order chi connectivity index (χ0) is 19.4. The van der Waals surface area contributed by atoms with Gasteiger partial charge in [0.2, 0.25) is 0 Å². The van der Waals surface area contributed by atoms with E-state index < -0.39 is 5.97 Å². The van der Waals surface area contributed by atoms with Crippen LogP contribution in [0.3, 0.4) is 0 Å². The third-order valence-corrected chi connectivity index (χ3v) is 4.01. The summed E-state index contributed by atoms with van der Waals surface area (Å²) in [6, 6.07) is 11.3. The van der Waals surface area contributed by atoms with Gasteiger partial charge in [0.05, 0.1) is 6.04 Å². The van der Waals surface area contributed by atoms with E-state index in [1.807, 2.05) is 57.2 Å². The van der Waals surface area contributed by atoms with Gasteiger partial charge in [0.1, 0.15) is 6.42 Å². The van der Waals surface area contributed by atoms with Crippen LogP contribution in [0.25, 0.3) is 5.78 Å². The predicted octanol–water partition coefficient (Wildman–Crippen LogP) is 1.70. The monoisotopic (exact) mass is 367 g/mol. The summed E-state index contributed by atoms with van der Waals surface area (Å²) < 4.78 is 6.61. The van der Waals surface area contributed by atoms with Gasteiger partial charge in [-0.2, -0.15) is 4.98 Å². The molecule has 8 nitrogen and oxygen atoms in total. The number of aryl methyl sites for hydroxylation is 2. The van der Waals surface area contributed by atoms with Crippen LogP contribution in [0.2, 0.25) is 0 Å². The summed E-state index contributed by atoms with van der Waals surface area (Å²) >= 11 is 0. The van der Waals surface area contributed by atoms with Gasteiger partial charge in [-0.05, 0) is 32.4 Å². The maximum absolute atomic E-state index is 12.0. The minimum atomic E-state index is -0.567. The van der Waals surface area contributed by atoms with E-state index in [0.29, 0.717) is 11.6 Å². The number of aromatic nitrogens is 4. The molecule has 0 radical (unpaired) electrons. The van der Waals surface area contributed by atoms with Gasteiger partial charge in [-0.1, -0.05) is 30.3 Å². The molecule has 0 bridgehead atoms. The minimum Gasteiger partial charge on any atom is -0.455 e. The second kappa shape index (κ2) is 7.94. The van der Waals surface area contributed by atoms with Crippen molar-refractivity contribution in [1.82, 2.24) is 24.9 Å². The Morgan fingerprint density at radius 2 is 1.93 bits per heavy atom. The number of carbonyl (C=O) groups is 2. The maximum atomic E-state index is 12.0. The molecule has 3 aromatic rings. The Labute approximate surface area is 156 Å². The fraction of sp³-hybridized carbons (Fsp3) is 0.316. The first kappa shape index (κ1) is 18.5. The van der Waals surface area contributed by atoms with Gasteiger partial charge < -0.3 is 10.1 Å². The highest BCUT2D eigenvalue weighted by Gasteiger charge is 2.15. The summed E-state index contributed by atoms with van der Waals surface area (Å²) in [6.07, 6.45) is -0.122. The zero-order valence-corrected chi connectivity index (χ0v) is 15.5. The lowest BCUT2D eigenvalue weighted by Gasteiger charge is -2.14. The van der Waals surface area contributed by atoms with E-state index in [0.717, 1.165) is 17.0 Å². The molecule has 3 rings (SSSR count). The van der Waals surface area contributed by atoms with Gasteiger partial charge in [0.25, 0.3) is 11.7 Å². The van der Waals surface area contributed by atoms with Crippen LogP contribution in [0, 0.1) is 13.8 Å². The first-order chi connectivity index (χ1) is 12.9. The van der Waals surface area contributed by atoms with E-state index in [4.69, 9.17) is 4.74 Å². The number of hydrogen-bond donors (Lipinski definition) is 1. The average Bonchev–Trinajstić information content (AvgIpc) is 3.03. The van der Waals surface area contributed by atoms with Crippen LogP contribution < -0.4 is 5.32 Å². The lowest BCUT2D eigenvalue weighted by Crippen LogP contribution is -2.31. The molecule has 0 aliphatic heterocycles. The van der Waals surface area contributed by atoms with Crippen molar-refractivity contribution in [1.29, 1.82) is 0 Å². The van der Waals surface area contributed by atoms with Crippen LogP contribution in [0.4, 0.5) is 0 Å². The Balaban J connectivity index is 1.52. The molecule has 1 unspecified atom stereocenters. The molecule has 0 aliphatic rings. The smallest absolute Gasteiger partial charge is 0.314 e. The van der Waals surface area contributed by atoms with Crippen molar-refractivity contribution in [2.45, 2.75) is 33.2 Å². The van der Waals surface area contributed by atoms with Crippen LogP contribution in [0.15, 0.2) is 36.4 Å². The quantitative estimate of drug-likeness (QED) is 0.666. The van der Waals surface area contributed by atoms with Crippen molar-refractivity contribution in [3.8, 4) is 0 Å². The number of nitrogens with zero attached hydrogens (tertiary/aromatic N) is 4. The summed E-state index contributed by atoms with van der Waals surface area (Å²) in [4.78, 5) is 32.5. The molecule has 0 spiro atoms. The molecule has 2 aromatic heterocycles. The first-order valence-corrected chi connectivity index (χ1v) is 8.62. The topological polar surface area (TPSA) is 98.5 Å². The summed E-state index contributed by atoms with van der Waals surface area (Å²) in [5.41, 5.74) is 2.67. The van der Waals surface area contributed by atoms with Crippen molar-refractivity contribution in [3.63, 3.8) is 0 Å². The van der Waals surface area contributed by atoms with Crippen molar-refractivity contribution in [2.24, 2.45) is 0 Å². The fourth-order valence-electron chi connectivity index (χ4n) is 2.72. The molecule has 1 N–H and O–H groups in total. The molecule has 0 fully saturated rings. The molecule has 1 amide bonds. The highest BCUT2D eigenvalue weighted by molar-refractivity contribution is 5.81. The number of fused-ring (bicyclic) bond motifs is 1. The highest BCUT2D eigenvalue weighted by atomic mass is 16.5. The third kappa shape index (κ3) is 4.66. The number of nitrogens with one attached hydrogen (secondary N) is 1. The van der Waals surface area contributed by atoms with E-state index in [1.165, 1.54) is 0 Å². The normalized spacial score (nSPS) is 12.0. The first-order valence-electron chi connectivity index (χ1n) is 8.62. The molecule has 2 heterocycles. The SMILES string of the molecule is Cc1cc(C)n2nc(CC(=O)OCC(=O)NC(C)c3ccccc3)nc2n1. The number of benzene rings is 1. The van der Waals surface area contributed by atoms with E-state index in [9.17, 15) is 9.59 Å². The van der Waals surface area contributed by atoms with E-state index in [1.54, 1.807) is 4.52 Å². The molecule has 0 saturated carbocycles. The van der Waals surface area contributed by atoms with Crippen LogP contribution in [-0.2, 0) is 20.7 Å². The Hall–Kier alpha value is -3.29. The molecule has 0 aliphatic carbocycles. The second-order valence-corrected chi connectivity index (χ2v) is 6.32. The van der Waals surface area contributed by atoms with Crippen molar-refractivity contribution < 1.29 is 14.3 Å². The number of hydrogen-bond acceptors (Lipinski definition) is 6. The van der Waals surface area contributed by atoms with E-state index >= 15 is 0 Å². The molecular formula is C19H21N5O3. The molecule has 8 heteroatoms. The standard InChI is InChI=1S/C19H21N5O3/c1-12-9-13(2)24-19(20-12)22-16(23-24)10-18(26)27-11-17(25)21-14(3)15-7-5-4-6-8-15/h4-9,14H,10-11H2,1-3H3,(H,21,25). The zero-order valence-electron chi connectivity index (χ0n) is 15.5. The number of carbonyl (C=O) groups excluding carboxylic acids is 2. The highest BCUT2D eigenvalue weighted by Crippen LogP contribution is 2.11. The molecule has 1 aromatic carbocycles. The van der Waals surface area contributed by atoms with Gasteiger partial charge in [0, 0.05) is 11.4 Å².